The molecule has 0 fully saturated rings. The molecule has 1 aromatic carbocycles. The summed E-state index contributed by atoms with van der Waals surface area (Å²) < 4.78 is 5.31. The number of hydrogen-bond acceptors (Lipinski definition) is 3. The van der Waals surface area contributed by atoms with Crippen molar-refractivity contribution in [2.24, 2.45) is 0 Å². The van der Waals surface area contributed by atoms with E-state index in [2.05, 4.69) is 10.6 Å². The van der Waals surface area contributed by atoms with E-state index in [-0.39, 0.29) is 24.4 Å². The fraction of sp³-hybridized carbons (Fsp3) is 0.500. The van der Waals surface area contributed by atoms with Crippen LogP contribution in [0.2, 0.25) is 0 Å². The van der Waals surface area contributed by atoms with Gasteiger partial charge < -0.3 is 15.4 Å². The summed E-state index contributed by atoms with van der Waals surface area (Å²) in [6.45, 7) is 6.52. The molecule has 1 rings (SSSR count). The Kier molecular flexibility index (Phi) is 7.29. The van der Waals surface area contributed by atoms with Crippen molar-refractivity contribution in [3.63, 3.8) is 0 Å². The van der Waals surface area contributed by atoms with E-state index in [0.717, 1.165) is 18.6 Å². The Hall–Kier alpha value is -2.04. The molecule has 0 unspecified atom stereocenters. The molecule has 5 nitrogen and oxygen atoms in total. The zero-order valence-electron chi connectivity index (χ0n) is 12.9. The van der Waals surface area contributed by atoms with Crippen molar-refractivity contribution >= 4 is 11.8 Å². The highest BCUT2D eigenvalue weighted by atomic mass is 16.5. The first kappa shape index (κ1) is 17.0. The zero-order chi connectivity index (χ0) is 15.7. The number of carbonyl (C=O) groups excluding carboxylic acids is 2. The second kappa shape index (κ2) is 9.00. The van der Waals surface area contributed by atoms with Crippen molar-refractivity contribution in [3.8, 4) is 5.75 Å². The minimum absolute atomic E-state index is 0.0114. The summed E-state index contributed by atoms with van der Waals surface area (Å²) in [6.07, 6.45) is 1.77. The number of rotatable bonds is 8. The fourth-order valence-corrected chi connectivity index (χ4v) is 1.90. The van der Waals surface area contributed by atoms with Crippen LogP contribution >= 0.6 is 0 Å². The van der Waals surface area contributed by atoms with Crippen LogP contribution in [0.1, 0.15) is 44.0 Å². The number of carbonyl (C=O) groups is 2. The normalized spacial score (nSPS) is 10.3. The second-order valence-corrected chi connectivity index (χ2v) is 4.72. The Bertz CT molecular complexity index is 453. The summed E-state index contributed by atoms with van der Waals surface area (Å²) in [6, 6.07) is 7.00. The van der Waals surface area contributed by atoms with E-state index in [1.165, 1.54) is 0 Å². The molecule has 5 heteroatoms. The summed E-state index contributed by atoms with van der Waals surface area (Å²) in [7, 11) is 0. The number of benzene rings is 1. The molecule has 21 heavy (non-hydrogen) atoms. The van der Waals surface area contributed by atoms with Crippen molar-refractivity contribution in [1.29, 1.82) is 0 Å². The highest BCUT2D eigenvalue weighted by Gasteiger charge is 2.11. The predicted molar refractivity (Wildman–Crippen MR) is 82.5 cm³/mol. The molecule has 0 radical (unpaired) electrons. The first-order chi connectivity index (χ1) is 10.1. The molecule has 0 bridgehead atoms. The third-order valence-electron chi connectivity index (χ3n) is 3.19. The van der Waals surface area contributed by atoms with Crippen molar-refractivity contribution in [1.82, 2.24) is 10.6 Å². The largest absolute Gasteiger partial charge is 0.494 e. The SMILES string of the molecule is CCOc1ccc(C(=O)NCC(=O)NC(CC)CC)cc1. The van der Waals surface area contributed by atoms with Crippen LogP contribution in [0.3, 0.4) is 0 Å². The third-order valence-corrected chi connectivity index (χ3v) is 3.19. The van der Waals surface area contributed by atoms with Crippen molar-refractivity contribution < 1.29 is 14.3 Å². The predicted octanol–water partition coefficient (Wildman–Crippen LogP) is 2.12. The van der Waals surface area contributed by atoms with Gasteiger partial charge in [-0.1, -0.05) is 13.8 Å². The topological polar surface area (TPSA) is 67.4 Å². The molecule has 0 spiro atoms. The lowest BCUT2D eigenvalue weighted by atomic mass is 10.2. The Morgan fingerprint density at radius 3 is 2.24 bits per heavy atom. The van der Waals surface area contributed by atoms with Gasteiger partial charge in [0.15, 0.2) is 0 Å². The molecule has 0 aromatic heterocycles. The van der Waals surface area contributed by atoms with E-state index in [1.54, 1.807) is 24.3 Å². The number of hydrogen-bond donors (Lipinski definition) is 2. The van der Waals surface area contributed by atoms with E-state index in [9.17, 15) is 9.59 Å². The van der Waals surface area contributed by atoms with E-state index >= 15 is 0 Å². The quantitative estimate of drug-likeness (QED) is 0.771. The first-order valence-corrected chi connectivity index (χ1v) is 7.41. The van der Waals surface area contributed by atoms with Gasteiger partial charge in [-0.15, -0.1) is 0 Å². The lowest BCUT2D eigenvalue weighted by molar-refractivity contribution is -0.120. The monoisotopic (exact) mass is 292 g/mol. The maximum atomic E-state index is 11.9. The fourth-order valence-electron chi connectivity index (χ4n) is 1.90. The molecule has 0 aliphatic carbocycles. The number of ether oxygens (including phenoxy) is 1. The van der Waals surface area contributed by atoms with E-state index < -0.39 is 0 Å². The van der Waals surface area contributed by atoms with Gasteiger partial charge in [-0.3, -0.25) is 9.59 Å². The van der Waals surface area contributed by atoms with Crippen LogP contribution in [0, 0.1) is 0 Å². The van der Waals surface area contributed by atoms with Crippen LogP contribution in [0.4, 0.5) is 0 Å². The molecule has 0 heterocycles. The van der Waals surface area contributed by atoms with Gasteiger partial charge in [0, 0.05) is 11.6 Å². The molecule has 2 N–H and O–H groups in total. The minimum atomic E-state index is -0.266. The Morgan fingerprint density at radius 1 is 1.10 bits per heavy atom. The molecular formula is C16H24N2O3. The van der Waals surface area contributed by atoms with Crippen LogP contribution in [-0.2, 0) is 4.79 Å². The minimum Gasteiger partial charge on any atom is -0.494 e. The highest BCUT2D eigenvalue weighted by molar-refractivity contribution is 5.96. The van der Waals surface area contributed by atoms with Gasteiger partial charge in [-0.25, -0.2) is 0 Å². The van der Waals surface area contributed by atoms with Crippen LogP contribution in [0.25, 0.3) is 0 Å². The average Bonchev–Trinajstić information content (AvgIpc) is 2.51. The molecule has 0 atom stereocenters. The van der Waals surface area contributed by atoms with Crippen molar-refractivity contribution in [2.45, 2.75) is 39.7 Å². The summed E-state index contributed by atoms with van der Waals surface area (Å²) in [5, 5.41) is 5.49. The summed E-state index contributed by atoms with van der Waals surface area (Å²) in [5.41, 5.74) is 0.508. The van der Waals surface area contributed by atoms with Gasteiger partial charge in [0.2, 0.25) is 5.91 Å². The third kappa shape index (κ3) is 5.85. The van der Waals surface area contributed by atoms with E-state index in [0.29, 0.717) is 12.2 Å². The molecule has 0 aliphatic heterocycles. The highest BCUT2D eigenvalue weighted by Crippen LogP contribution is 2.11. The van der Waals surface area contributed by atoms with Gasteiger partial charge in [0.25, 0.3) is 5.91 Å². The molecule has 0 saturated carbocycles. The lowest BCUT2D eigenvalue weighted by Crippen LogP contribution is -2.41. The molecular weight excluding hydrogens is 268 g/mol. The summed E-state index contributed by atoms with van der Waals surface area (Å²) >= 11 is 0. The molecule has 0 saturated heterocycles. The maximum Gasteiger partial charge on any atom is 0.251 e. The maximum absolute atomic E-state index is 11.9. The first-order valence-electron chi connectivity index (χ1n) is 7.41. The zero-order valence-corrected chi connectivity index (χ0v) is 12.9. The van der Waals surface area contributed by atoms with E-state index in [4.69, 9.17) is 4.74 Å². The molecule has 1 aromatic rings. The standard InChI is InChI=1S/C16H24N2O3/c1-4-13(5-2)18-15(19)11-17-16(20)12-7-9-14(10-8-12)21-6-3/h7-10,13H,4-6,11H2,1-3H3,(H,17,20)(H,18,19). The Labute approximate surface area is 126 Å². The lowest BCUT2D eigenvalue weighted by Gasteiger charge is -2.14. The van der Waals surface area contributed by atoms with Gasteiger partial charge in [0.1, 0.15) is 5.75 Å². The molecule has 0 aliphatic rings. The molecule has 2 amide bonds. The molecule has 116 valence electrons. The van der Waals surface area contributed by atoms with Gasteiger partial charge in [0.05, 0.1) is 13.2 Å². The van der Waals surface area contributed by atoms with Gasteiger partial charge >= 0.3 is 0 Å². The van der Waals surface area contributed by atoms with Gasteiger partial charge in [-0.05, 0) is 44.0 Å². The number of amides is 2. The van der Waals surface area contributed by atoms with Crippen LogP contribution in [0.15, 0.2) is 24.3 Å². The summed E-state index contributed by atoms with van der Waals surface area (Å²) in [4.78, 5) is 23.6. The Morgan fingerprint density at radius 2 is 1.71 bits per heavy atom. The van der Waals surface area contributed by atoms with Crippen molar-refractivity contribution in [3.05, 3.63) is 29.8 Å². The number of nitrogens with one attached hydrogen (secondary N) is 2. The average molecular weight is 292 g/mol. The van der Waals surface area contributed by atoms with Gasteiger partial charge in [-0.2, -0.15) is 0 Å². The smallest absolute Gasteiger partial charge is 0.251 e. The van der Waals surface area contributed by atoms with Crippen LogP contribution in [0.5, 0.6) is 5.75 Å². The summed E-state index contributed by atoms with van der Waals surface area (Å²) in [5.74, 6) is 0.293. The van der Waals surface area contributed by atoms with Crippen LogP contribution in [-0.4, -0.2) is 31.0 Å². The van der Waals surface area contributed by atoms with Crippen molar-refractivity contribution in [2.75, 3.05) is 13.2 Å². The van der Waals surface area contributed by atoms with Crippen LogP contribution < -0.4 is 15.4 Å². The van der Waals surface area contributed by atoms with E-state index in [1.807, 2.05) is 20.8 Å². The second-order valence-electron chi connectivity index (χ2n) is 4.72. The Balaban J connectivity index is 2.44.